The van der Waals surface area contributed by atoms with E-state index in [2.05, 4.69) is 26.3 Å². The van der Waals surface area contributed by atoms with Gasteiger partial charge in [0.25, 0.3) is 0 Å². The third-order valence-electron chi connectivity index (χ3n) is 5.97. The van der Waals surface area contributed by atoms with E-state index in [0.717, 1.165) is 30.2 Å². The van der Waals surface area contributed by atoms with Crippen molar-refractivity contribution in [2.45, 2.75) is 58.2 Å². The Balaban J connectivity index is 1.79. The molecule has 5 nitrogen and oxygen atoms in total. The number of halogens is 3. The predicted octanol–water partition coefficient (Wildman–Crippen LogP) is 5.70. The summed E-state index contributed by atoms with van der Waals surface area (Å²) >= 11 is 0. The molecule has 0 radical (unpaired) electrons. The Hall–Kier alpha value is -3.21. The maximum Gasteiger partial charge on any atom is 0.416 e. The van der Waals surface area contributed by atoms with Crippen molar-refractivity contribution < 1.29 is 13.2 Å². The van der Waals surface area contributed by atoms with Crippen LogP contribution < -0.4 is 5.32 Å². The number of aromatic nitrogens is 3. The first-order valence-electron chi connectivity index (χ1n) is 10.1. The minimum absolute atomic E-state index is 0.182. The molecule has 2 aromatic heterocycles. The summed E-state index contributed by atoms with van der Waals surface area (Å²) < 4.78 is 40.0. The second kappa shape index (κ2) is 7.19. The fourth-order valence-electron chi connectivity index (χ4n) is 4.13. The smallest absolute Gasteiger partial charge is 0.363 e. The standard InChI is InChI=1S/C23H22F3N5/c1-12-16(6-5-7-18(12)23(24,25)26)13(2)28-20-17-10-19(22(11-27)8-9-22)14(3)29-21(17)31-15(4)30-20/h5-7,10,13H,8-9H2,1-4H3,(H,28,29,30,31)/t13-/m1/s1. The van der Waals surface area contributed by atoms with Gasteiger partial charge in [-0.25, -0.2) is 15.0 Å². The van der Waals surface area contributed by atoms with E-state index >= 15 is 0 Å². The van der Waals surface area contributed by atoms with Gasteiger partial charge >= 0.3 is 6.18 Å². The van der Waals surface area contributed by atoms with Crippen LogP contribution in [0.25, 0.3) is 11.0 Å². The highest BCUT2D eigenvalue weighted by atomic mass is 19.4. The van der Waals surface area contributed by atoms with Crippen molar-refractivity contribution in [2.24, 2.45) is 0 Å². The Morgan fingerprint density at radius 1 is 1.13 bits per heavy atom. The molecule has 0 bridgehead atoms. The molecule has 160 valence electrons. The average molecular weight is 425 g/mol. The maximum atomic E-state index is 13.3. The Morgan fingerprint density at radius 3 is 2.45 bits per heavy atom. The van der Waals surface area contributed by atoms with Crippen LogP contribution in [0.3, 0.4) is 0 Å². The van der Waals surface area contributed by atoms with Gasteiger partial charge in [0.05, 0.1) is 28.5 Å². The fourth-order valence-corrected chi connectivity index (χ4v) is 4.13. The minimum Gasteiger partial charge on any atom is -0.363 e. The van der Waals surface area contributed by atoms with Crippen molar-refractivity contribution in [3.8, 4) is 6.07 Å². The van der Waals surface area contributed by atoms with Gasteiger partial charge in [-0.3, -0.25) is 0 Å². The number of hydrogen-bond acceptors (Lipinski definition) is 5. The number of alkyl halides is 3. The topological polar surface area (TPSA) is 74.5 Å². The van der Waals surface area contributed by atoms with Gasteiger partial charge < -0.3 is 5.32 Å². The number of nitrogens with one attached hydrogen (secondary N) is 1. The summed E-state index contributed by atoms with van der Waals surface area (Å²) in [6, 6.07) is 8.05. The Morgan fingerprint density at radius 2 is 1.84 bits per heavy atom. The quantitative estimate of drug-likeness (QED) is 0.581. The molecule has 8 heteroatoms. The maximum absolute atomic E-state index is 13.3. The van der Waals surface area contributed by atoms with Crippen LogP contribution in [0, 0.1) is 32.1 Å². The molecule has 1 saturated carbocycles. The van der Waals surface area contributed by atoms with Crippen LogP contribution in [0.4, 0.5) is 19.0 Å². The highest BCUT2D eigenvalue weighted by molar-refractivity contribution is 5.88. The number of rotatable bonds is 4. The van der Waals surface area contributed by atoms with Crippen molar-refractivity contribution in [3.63, 3.8) is 0 Å². The van der Waals surface area contributed by atoms with Gasteiger partial charge in [-0.1, -0.05) is 12.1 Å². The van der Waals surface area contributed by atoms with Crippen LogP contribution in [0.15, 0.2) is 24.3 Å². The number of hydrogen-bond donors (Lipinski definition) is 1. The first-order chi connectivity index (χ1) is 14.6. The summed E-state index contributed by atoms with van der Waals surface area (Å²) in [6.45, 7) is 6.89. The Bertz CT molecular complexity index is 1220. The lowest BCUT2D eigenvalue weighted by molar-refractivity contribution is -0.138. The van der Waals surface area contributed by atoms with Crippen molar-refractivity contribution in [3.05, 3.63) is 58.0 Å². The molecule has 0 amide bonds. The Kier molecular flexibility index (Phi) is 4.88. The lowest BCUT2D eigenvalue weighted by Gasteiger charge is -2.21. The van der Waals surface area contributed by atoms with Gasteiger partial charge in [-0.2, -0.15) is 18.4 Å². The molecule has 1 atom stereocenters. The average Bonchev–Trinajstić information content (AvgIpc) is 3.47. The largest absolute Gasteiger partial charge is 0.416 e. The normalized spacial score (nSPS) is 16.1. The second-order valence-electron chi connectivity index (χ2n) is 8.19. The highest BCUT2D eigenvalue weighted by Gasteiger charge is 2.46. The SMILES string of the molecule is Cc1nc(N[C@H](C)c2cccc(C(F)(F)F)c2C)c2cc(C3(C#N)CC3)c(C)nc2n1. The summed E-state index contributed by atoms with van der Waals surface area (Å²) in [5.41, 5.74) is 1.68. The summed E-state index contributed by atoms with van der Waals surface area (Å²) in [7, 11) is 0. The zero-order valence-electron chi connectivity index (χ0n) is 17.7. The second-order valence-corrected chi connectivity index (χ2v) is 8.19. The van der Waals surface area contributed by atoms with Gasteiger partial charge in [0.2, 0.25) is 0 Å². The molecule has 0 unspecified atom stereocenters. The third kappa shape index (κ3) is 3.69. The van der Waals surface area contributed by atoms with Crippen LogP contribution in [0.1, 0.15) is 59.6 Å². The van der Waals surface area contributed by atoms with Crippen LogP contribution >= 0.6 is 0 Å². The van der Waals surface area contributed by atoms with Gasteiger partial charge in [0.15, 0.2) is 5.65 Å². The number of nitrogens with zero attached hydrogens (tertiary/aromatic N) is 4. The summed E-state index contributed by atoms with van der Waals surface area (Å²) in [5.74, 6) is 0.998. The lowest BCUT2D eigenvalue weighted by atomic mass is 9.95. The molecular weight excluding hydrogens is 403 g/mol. The van der Waals surface area contributed by atoms with E-state index < -0.39 is 23.2 Å². The zero-order chi connectivity index (χ0) is 22.6. The summed E-state index contributed by atoms with van der Waals surface area (Å²) in [5, 5.41) is 13.5. The van der Waals surface area contributed by atoms with E-state index in [9.17, 15) is 18.4 Å². The number of fused-ring (bicyclic) bond motifs is 1. The van der Waals surface area contributed by atoms with E-state index in [4.69, 9.17) is 0 Å². The Labute approximate surface area is 178 Å². The van der Waals surface area contributed by atoms with Crippen LogP contribution in [-0.4, -0.2) is 15.0 Å². The zero-order valence-corrected chi connectivity index (χ0v) is 17.7. The first-order valence-corrected chi connectivity index (χ1v) is 10.1. The van der Waals surface area contributed by atoms with Gasteiger partial charge in [-0.05, 0) is 69.4 Å². The molecule has 0 spiro atoms. The monoisotopic (exact) mass is 425 g/mol. The molecule has 0 aliphatic heterocycles. The van der Waals surface area contributed by atoms with Crippen LogP contribution in [0.2, 0.25) is 0 Å². The minimum atomic E-state index is -4.41. The number of anilines is 1. The van der Waals surface area contributed by atoms with E-state index in [1.54, 1.807) is 19.9 Å². The molecule has 3 aromatic rings. The third-order valence-corrected chi connectivity index (χ3v) is 5.97. The van der Waals surface area contributed by atoms with Gasteiger partial charge in [-0.15, -0.1) is 0 Å². The van der Waals surface area contributed by atoms with E-state index in [1.807, 2.05) is 13.0 Å². The number of aryl methyl sites for hydroxylation is 2. The first kappa shape index (κ1) is 21.0. The van der Waals surface area contributed by atoms with Crippen LogP contribution in [-0.2, 0) is 11.6 Å². The molecule has 1 fully saturated rings. The molecular formula is C23H22F3N5. The van der Waals surface area contributed by atoms with Gasteiger partial charge in [0.1, 0.15) is 11.6 Å². The predicted molar refractivity (Wildman–Crippen MR) is 112 cm³/mol. The fraction of sp³-hybridized carbons (Fsp3) is 0.391. The van der Waals surface area contributed by atoms with Gasteiger partial charge in [0, 0.05) is 5.69 Å². The molecule has 1 aliphatic carbocycles. The van der Waals surface area contributed by atoms with Crippen molar-refractivity contribution in [1.82, 2.24) is 15.0 Å². The number of benzene rings is 1. The van der Waals surface area contributed by atoms with Crippen molar-refractivity contribution in [1.29, 1.82) is 5.26 Å². The molecule has 1 aliphatic rings. The lowest BCUT2D eigenvalue weighted by Crippen LogP contribution is -2.15. The van der Waals surface area contributed by atoms with Crippen molar-refractivity contribution >= 4 is 16.9 Å². The number of pyridine rings is 1. The van der Waals surface area contributed by atoms with E-state index in [1.165, 1.54) is 13.0 Å². The molecule has 1 aromatic carbocycles. The molecule has 4 rings (SSSR count). The molecule has 1 N–H and O–H groups in total. The summed E-state index contributed by atoms with van der Waals surface area (Å²) in [6.07, 6.45) is -2.84. The molecule has 2 heterocycles. The van der Waals surface area contributed by atoms with E-state index in [-0.39, 0.29) is 5.56 Å². The van der Waals surface area contributed by atoms with Crippen LogP contribution in [0.5, 0.6) is 0 Å². The van der Waals surface area contributed by atoms with E-state index in [0.29, 0.717) is 28.2 Å². The summed E-state index contributed by atoms with van der Waals surface area (Å²) in [4.78, 5) is 13.5. The molecule has 31 heavy (non-hydrogen) atoms. The highest BCUT2D eigenvalue weighted by Crippen LogP contribution is 2.49. The number of nitriles is 1. The van der Waals surface area contributed by atoms with Crippen molar-refractivity contribution in [2.75, 3.05) is 5.32 Å². The molecule has 0 saturated heterocycles.